The standard InChI is InChI=1S/C24H24Cl2N2O3S2/c1-17-3-11-22(12-4-17)33(30,31)28(20-8-5-18(2)23(26)15-20)16-24(29)27-13-14-32-21-9-6-19(25)7-10-21/h3-12,15H,13-14,16H2,1-2H3,(H,27,29). The second kappa shape index (κ2) is 11.3. The largest absolute Gasteiger partial charge is 0.354 e. The highest BCUT2D eigenvalue weighted by Gasteiger charge is 2.27. The maximum atomic E-state index is 13.4. The molecule has 0 aliphatic rings. The molecule has 0 aliphatic carbocycles. The van der Waals surface area contributed by atoms with Crippen LogP contribution < -0.4 is 9.62 Å². The van der Waals surface area contributed by atoms with Crippen LogP contribution >= 0.6 is 35.0 Å². The average Bonchev–Trinajstić information content (AvgIpc) is 2.78. The lowest BCUT2D eigenvalue weighted by molar-refractivity contribution is -0.119. The number of rotatable bonds is 9. The minimum absolute atomic E-state index is 0.107. The zero-order valence-corrected chi connectivity index (χ0v) is 21.4. The average molecular weight is 524 g/mol. The first kappa shape index (κ1) is 25.4. The van der Waals surface area contributed by atoms with Crippen molar-refractivity contribution in [2.24, 2.45) is 0 Å². The Morgan fingerprint density at radius 2 is 1.64 bits per heavy atom. The van der Waals surface area contributed by atoms with E-state index in [4.69, 9.17) is 23.2 Å². The summed E-state index contributed by atoms with van der Waals surface area (Å²) < 4.78 is 27.9. The Morgan fingerprint density at radius 3 is 2.27 bits per heavy atom. The molecule has 0 heterocycles. The molecule has 5 nitrogen and oxygen atoms in total. The number of aryl methyl sites for hydroxylation is 2. The van der Waals surface area contributed by atoms with Crippen LogP contribution in [0.1, 0.15) is 11.1 Å². The second-order valence-electron chi connectivity index (χ2n) is 7.41. The number of carbonyl (C=O) groups excluding carboxylic acids is 1. The molecule has 0 bridgehead atoms. The lowest BCUT2D eigenvalue weighted by Crippen LogP contribution is -2.41. The summed E-state index contributed by atoms with van der Waals surface area (Å²) in [6.07, 6.45) is 0. The first-order valence-corrected chi connectivity index (χ1v) is 13.4. The molecule has 0 saturated heterocycles. The number of halogens is 2. The van der Waals surface area contributed by atoms with Gasteiger partial charge in [0.2, 0.25) is 5.91 Å². The molecule has 0 atom stereocenters. The smallest absolute Gasteiger partial charge is 0.264 e. The molecule has 0 saturated carbocycles. The van der Waals surface area contributed by atoms with Crippen molar-refractivity contribution in [1.82, 2.24) is 5.32 Å². The van der Waals surface area contributed by atoms with Crippen LogP contribution in [-0.2, 0) is 14.8 Å². The van der Waals surface area contributed by atoms with Gasteiger partial charge in [0.05, 0.1) is 10.6 Å². The Balaban J connectivity index is 1.73. The van der Waals surface area contributed by atoms with Gasteiger partial charge in [-0.15, -0.1) is 11.8 Å². The van der Waals surface area contributed by atoms with Crippen LogP contribution in [0.25, 0.3) is 0 Å². The highest BCUT2D eigenvalue weighted by Crippen LogP contribution is 2.28. The zero-order valence-electron chi connectivity index (χ0n) is 18.2. The third-order valence-corrected chi connectivity index (χ3v) is 8.31. The quantitative estimate of drug-likeness (QED) is 0.288. The SMILES string of the molecule is Cc1ccc(S(=O)(=O)N(CC(=O)NCCSc2ccc(Cl)cc2)c2ccc(C)c(Cl)c2)cc1. The predicted octanol–water partition coefficient (Wildman–Crippen LogP) is 5.71. The summed E-state index contributed by atoms with van der Waals surface area (Å²) >= 11 is 13.7. The minimum Gasteiger partial charge on any atom is -0.354 e. The summed E-state index contributed by atoms with van der Waals surface area (Å²) in [6.45, 7) is 3.74. The minimum atomic E-state index is -3.98. The number of nitrogens with zero attached hydrogens (tertiary/aromatic N) is 1. The lowest BCUT2D eigenvalue weighted by Gasteiger charge is -2.24. The fourth-order valence-corrected chi connectivity index (χ4v) is 5.45. The van der Waals surface area contributed by atoms with Gasteiger partial charge in [-0.05, 0) is 67.9 Å². The van der Waals surface area contributed by atoms with Crippen LogP contribution in [-0.4, -0.2) is 33.2 Å². The van der Waals surface area contributed by atoms with Crippen molar-refractivity contribution in [2.45, 2.75) is 23.6 Å². The third-order valence-electron chi connectivity index (χ3n) is 4.85. The van der Waals surface area contributed by atoms with Gasteiger partial charge in [0.15, 0.2) is 0 Å². The van der Waals surface area contributed by atoms with Gasteiger partial charge in [-0.3, -0.25) is 9.10 Å². The summed E-state index contributed by atoms with van der Waals surface area (Å²) in [5, 5.41) is 3.89. The van der Waals surface area contributed by atoms with Gasteiger partial charge >= 0.3 is 0 Å². The molecular formula is C24H24Cl2N2O3S2. The molecule has 3 aromatic rings. The molecule has 1 N–H and O–H groups in total. The van der Waals surface area contributed by atoms with Gasteiger partial charge < -0.3 is 5.32 Å². The fraction of sp³-hybridized carbons (Fsp3) is 0.208. The van der Waals surface area contributed by atoms with E-state index in [-0.39, 0.29) is 11.4 Å². The number of thioether (sulfide) groups is 1. The van der Waals surface area contributed by atoms with Gasteiger partial charge in [-0.25, -0.2) is 8.42 Å². The number of amides is 1. The fourth-order valence-electron chi connectivity index (χ4n) is 2.97. The predicted molar refractivity (Wildman–Crippen MR) is 137 cm³/mol. The molecule has 3 rings (SSSR count). The first-order valence-electron chi connectivity index (χ1n) is 10.2. The highest BCUT2D eigenvalue weighted by molar-refractivity contribution is 7.99. The first-order chi connectivity index (χ1) is 15.7. The molecule has 0 radical (unpaired) electrons. The molecule has 0 fully saturated rings. The van der Waals surface area contributed by atoms with E-state index in [2.05, 4.69) is 5.32 Å². The van der Waals surface area contributed by atoms with Crippen molar-refractivity contribution in [3.63, 3.8) is 0 Å². The van der Waals surface area contributed by atoms with E-state index in [1.807, 2.05) is 38.1 Å². The Labute approximate surface area is 209 Å². The topological polar surface area (TPSA) is 66.5 Å². The highest BCUT2D eigenvalue weighted by atomic mass is 35.5. The summed E-state index contributed by atoms with van der Waals surface area (Å²) in [5.74, 6) is 0.230. The molecule has 174 valence electrons. The molecule has 0 aromatic heterocycles. The lowest BCUT2D eigenvalue weighted by atomic mass is 10.2. The molecule has 3 aromatic carbocycles. The number of nitrogens with one attached hydrogen (secondary N) is 1. The van der Waals surface area contributed by atoms with Crippen LogP contribution in [0, 0.1) is 13.8 Å². The molecule has 0 aliphatic heterocycles. The van der Waals surface area contributed by atoms with E-state index in [0.29, 0.717) is 28.0 Å². The number of hydrogen-bond donors (Lipinski definition) is 1. The van der Waals surface area contributed by atoms with Crippen LogP contribution in [0.15, 0.2) is 76.5 Å². The Bertz CT molecular complexity index is 1220. The maximum Gasteiger partial charge on any atom is 0.264 e. The second-order valence-corrected chi connectivity index (χ2v) is 11.3. The molecule has 33 heavy (non-hydrogen) atoms. The summed E-state index contributed by atoms with van der Waals surface area (Å²) in [5.41, 5.74) is 2.09. The molecule has 0 spiro atoms. The van der Waals surface area contributed by atoms with Crippen molar-refractivity contribution in [3.8, 4) is 0 Å². The Kier molecular flexibility index (Phi) is 8.70. The Morgan fingerprint density at radius 1 is 0.970 bits per heavy atom. The number of hydrogen-bond acceptors (Lipinski definition) is 4. The summed E-state index contributed by atoms with van der Waals surface area (Å²) in [6, 6.07) is 18.9. The van der Waals surface area contributed by atoms with Crippen molar-refractivity contribution in [1.29, 1.82) is 0 Å². The van der Waals surface area contributed by atoms with Gasteiger partial charge in [-0.2, -0.15) is 0 Å². The van der Waals surface area contributed by atoms with Gasteiger partial charge in [-0.1, -0.05) is 47.0 Å². The van der Waals surface area contributed by atoms with E-state index in [9.17, 15) is 13.2 Å². The van der Waals surface area contributed by atoms with Crippen LogP contribution in [0.5, 0.6) is 0 Å². The maximum absolute atomic E-state index is 13.4. The normalized spacial score (nSPS) is 11.3. The van der Waals surface area contributed by atoms with Gasteiger partial charge in [0.25, 0.3) is 10.0 Å². The monoisotopic (exact) mass is 522 g/mol. The van der Waals surface area contributed by atoms with E-state index in [1.54, 1.807) is 42.1 Å². The van der Waals surface area contributed by atoms with Crippen molar-refractivity contribution >= 4 is 56.6 Å². The summed E-state index contributed by atoms with van der Waals surface area (Å²) in [7, 11) is -3.98. The van der Waals surface area contributed by atoms with Gasteiger partial charge in [0, 0.05) is 27.2 Å². The van der Waals surface area contributed by atoms with E-state index in [0.717, 1.165) is 20.3 Å². The number of benzene rings is 3. The molecular weight excluding hydrogens is 499 g/mol. The number of anilines is 1. The van der Waals surface area contributed by atoms with E-state index < -0.39 is 15.9 Å². The van der Waals surface area contributed by atoms with E-state index >= 15 is 0 Å². The molecule has 0 unspecified atom stereocenters. The van der Waals surface area contributed by atoms with Crippen molar-refractivity contribution in [2.75, 3.05) is 23.1 Å². The molecule has 1 amide bonds. The van der Waals surface area contributed by atoms with E-state index in [1.165, 1.54) is 12.1 Å². The van der Waals surface area contributed by atoms with Crippen LogP contribution in [0.4, 0.5) is 5.69 Å². The Hall–Kier alpha value is -2.19. The van der Waals surface area contributed by atoms with Crippen molar-refractivity contribution < 1.29 is 13.2 Å². The number of carbonyl (C=O) groups is 1. The van der Waals surface area contributed by atoms with Gasteiger partial charge in [0.1, 0.15) is 6.54 Å². The van der Waals surface area contributed by atoms with Crippen LogP contribution in [0.3, 0.4) is 0 Å². The van der Waals surface area contributed by atoms with Crippen molar-refractivity contribution in [3.05, 3.63) is 87.9 Å². The summed E-state index contributed by atoms with van der Waals surface area (Å²) in [4.78, 5) is 13.8. The van der Waals surface area contributed by atoms with Crippen LogP contribution in [0.2, 0.25) is 10.0 Å². The molecule has 9 heteroatoms. The number of sulfonamides is 1. The third kappa shape index (κ3) is 6.90. The zero-order chi connectivity index (χ0) is 24.0.